The summed E-state index contributed by atoms with van der Waals surface area (Å²) in [5.41, 5.74) is 1.50. The Kier molecular flexibility index (Phi) is 4.17. The van der Waals surface area contributed by atoms with Gasteiger partial charge in [-0.15, -0.1) is 11.3 Å². The number of fused-ring (bicyclic) bond motifs is 3. The van der Waals surface area contributed by atoms with E-state index < -0.39 is 0 Å². The van der Waals surface area contributed by atoms with Gasteiger partial charge < -0.3 is 5.32 Å². The monoisotopic (exact) mass is 307 g/mol. The minimum atomic E-state index is 0.615. The lowest BCUT2D eigenvalue weighted by Crippen LogP contribution is -2.03. The van der Waals surface area contributed by atoms with Gasteiger partial charge in [0.25, 0.3) is 0 Å². The number of hydrogen-bond donors (Lipinski definition) is 1. The minimum absolute atomic E-state index is 0.615. The average Bonchev–Trinajstić information content (AvgIpc) is 2.82. The van der Waals surface area contributed by atoms with Crippen molar-refractivity contribution in [2.45, 2.75) is 50.5 Å². The van der Waals surface area contributed by atoms with Crippen LogP contribution in [-0.4, -0.2) is 22.3 Å². The maximum Gasteiger partial charge on any atom is 0.142 e. The average molecular weight is 307 g/mol. The van der Waals surface area contributed by atoms with Crippen molar-refractivity contribution in [1.29, 1.82) is 0 Å². The molecule has 2 aromatic rings. The van der Waals surface area contributed by atoms with Crippen LogP contribution >= 0.6 is 23.1 Å². The molecular weight excluding hydrogens is 286 g/mol. The number of aromatic nitrogens is 2. The maximum absolute atomic E-state index is 4.81. The fourth-order valence-corrected chi connectivity index (χ4v) is 4.58. The van der Waals surface area contributed by atoms with Crippen LogP contribution < -0.4 is 5.32 Å². The van der Waals surface area contributed by atoms with Crippen LogP contribution in [0.2, 0.25) is 0 Å². The van der Waals surface area contributed by atoms with Crippen molar-refractivity contribution in [3.8, 4) is 0 Å². The third-order valence-corrected chi connectivity index (χ3v) is 5.92. The second-order valence-corrected chi connectivity index (χ2v) is 8.14. The number of rotatable bonds is 4. The lowest BCUT2D eigenvalue weighted by atomic mass is 9.97. The van der Waals surface area contributed by atoms with Gasteiger partial charge in [0.15, 0.2) is 0 Å². The maximum atomic E-state index is 4.81. The Morgan fingerprint density at radius 3 is 2.80 bits per heavy atom. The summed E-state index contributed by atoms with van der Waals surface area (Å²) in [5, 5.41) is 5.18. The van der Waals surface area contributed by atoms with Gasteiger partial charge in [-0.25, -0.2) is 9.97 Å². The van der Waals surface area contributed by atoms with Crippen LogP contribution in [0.15, 0.2) is 0 Å². The summed E-state index contributed by atoms with van der Waals surface area (Å²) >= 11 is 3.78. The Bertz CT molecular complexity index is 619. The molecule has 20 heavy (non-hydrogen) atoms. The highest BCUT2D eigenvalue weighted by molar-refractivity contribution is 7.99. The second kappa shape index (κ2) is 5.90. The molecule has 1 N–H and O–H groups in total. The van der Waals surface area contributed by atoms with E-state index in [0.29, 0.717) is 5.25 Å². The molecule has 3 rings (SSSR count). The zero-order valence-corrected chi connectivity index (χ0v) is 14.0. The third kappa shape index (κ3) is 2.66. The van der Waals surface area contributed by atoms with Crippen molar-refractivity contribution in [2.24, 2.45) is 0 Å². The molecule has 0 saturated heterocycles. The van der Waals surface area contributed by atoms with Crippen LogP contribution in [-0.2, 0) is 18.6 Å². The predicted molar refractivity (Wildman–Crippen MR) is 90.0 cm³/mol. The molecule has 108 valence electrons. The smallest absolute Gasteiger partial charge is 0.142 e. The van der Waals surface area contributed by atoms with Crippen LogP contribution in [0.25, 0.3) is 10.2 Å². The van der Waals surface area contributed by atoms with E-state index in [4.69, 9.17) is 9.97 Å². The van der Waals surface area contributed by atoms with E-state index in [0.717, 1.165) is 17.4 Å². The van der Waals surface area contributed by atoms with Crippen molar-refractivity contribution in [3.05, 3.63) is 16.3 Å². The standard InChI is InChI=1S/C15H21N3S2/c1-9(2)19-8-12-17-14(16-3)13-10-6-4-5-7-11(10)20-15(13)18-12/h9H,4-8H2,1-3H3,(H,16,17,18). The van der Waals surface area contributed by atoms with E-state index in [1.54, 1.807) is 0 Å². The second-order valence-electron chi connectivity index (χ2n) is 5.49. The predicted octanol–water partition coefficient (Wildman–Crippen LogP) is 4.25. The van der Waals surface area contributed by atoms with Gasteiger partial charge in [-0.05, 0) is 36.5 Å². The van der Waals surface area contributed by atoms with Crippen molar-refractivity contribution in [2.75, 3.05) is 12.4 Å². The van der Waals surface area contributed by atoms with Crippen molar-refractivity contribution >= 4 is 39.1 Å². The van der Waals surface area contributed by atoms with Crippen LogP contribution in [0.1, 0.15) is 43.0 Å². The summed E-state index contributed by atoms with van der Waals surface area (Å²) < 4.78 is 0. The van der Waals surface area contributed by atoms with Crippen molar-refractivity contribution < 1.29 is 0 Å². The number of hydrogen-bond acceptors (Lipinski definition) is 5. The topological polar surface area (TPSA) is 37.8 Å². The molecule has 1 aliphatic rings. The highest BCUT2D eigenvalue weighted by atomic mass is 32.2. The van der Waals surface area contributed by atoms with E-state index in [-0.39, 0.29) is 0 Å². The van der Waals surface area contributed by atoms with Gasteiger partial charge in [0.1, 0.15) is 16.5 Å². The number of anilines is 1. The zero-order valence-electron chi connectivity index (χ0n) is 12.3. The van der Waals surface area contributed by atoms with E-state index >= 15 is 0 Å². The van der Waals surface area contributed by atoms with Crippen molar-refractivity contribution in [1.82, 2.24) is 9.97 Å². The normalized spacial score (nSPS) is 14.8. The first-order valence-corrected chi connectivity index (χ1v) is 9.16. The number of nitrogens with one attached hydrogen (secondary N) is 1. The van der Waals surface area contributed by atoms with Gasteiger partial charge in [-0.1, -0.05) is 13.8 Å². The molecule has 0 fully saturated rings. The first kappa shape index (κ1) is 14.1. The summed E-state index contributed by atoms with van der Waals surface area (Å²) in [4.78, 5) is 12.3. The van der Waals surface area contributed by atoms with Gasteiger partial charge in [0, 0.05) is 11.9 Å². The molecule has 2 aromatic heterocycles. The Hall–Kier alpha value is -0.810. The molecular formula is C15H21N3S2. The Morgan fingerprint density at radius 1 is 1.25 bits per heavy atom. The number of nitrogens with zero attached hydrogens (tertiary/aromatic N) is 2. The number of aryl methyl sites for hydroxylation is 2. The SMILES string of the molecule is CNc1nc(CSC(C)C)nc2sc3c(c12)CCCC3. The molecule has 5 heteroatoms. The molecule has 0 atom stereocenters. The minimum Gasteiger partial charge on any atom is -0.372 e. The summed E-state index contributed by atoms with van der Waals surface area (Å²) in [5.74, 6) is 2.87. The van der Waals surface area contributed by atoms with Gasteiger partial charge in [0.2, 0.25) is 0 Å². The van der Waals surface area contributed by atoms with E-state index in [9.17, 15) is 0 Å². The van der Waals surface area contributed by atoms with Gasteiger partial charge in [-0.2, -0.15) is 11.8 Å². The number of thioether (sulfide) groups is 1. The van der Waals surface area contributed by atoms with Gasteiger partial charge in [-0.3, -0.25) is 0 Å². The largest absolute Gasteiger partial charge is 0.372 e. The van der Waals surface area contributed by atoms with Crippen LogP contribution in [0, 0.1) is 0 Å². The molecule has 0 aromatic carbocycles. The van der Waals surface area contributed by atoms with Crippen molar-refractivity contribution in [3.63, 3.8) is 0 Å². The van der Waals surface area contributed by atoms with Crippen LogP contribution in [0.5, 0.6) is 0 Å². The van der Waals surface area contributed by atoms with Crippen LogP contribution in [0.4, 0.5) is 5.82 Å². The molecule has 0 amide bonds. The summed E-state index contributed by atoms with van der Waals surface area (Å²) in [6, 6.07) is 0. The molecule has 0 bridgehead atoms. The fourth-order valence-electron chi connectivity index (χ4n) is 2.69. The Morgan fingerprint density at radius 2 is 2.05 bits per heavy atom. The Balaban J connectivity index is 2.05. The first-order chi connectivity index (χ1) is 9.69. The molecule has 1 aliphatic carbocycles. The Labute approximate surface area is 128 Å². The van der Waals surface area contributed by atoms with E-state index in [1.807, 2.05) is 30.1 Å². The zero-order chi connectivity index (χ0) is 14.1. The van der Waals surface area contributed by atoms with Gasteiger partial charge >= 0.3 is 0 Å². The lowest BCUT2D eigenvalue weighted by Gasteiger charge is -2.12. The summed E-state index contributed by atoms with van der Waals surface area (Å²) in [6.07, 6.45) is 5.02. The van der Waals surface area contributed by atoms with Crippen LogP contribution in [0.3, 0.4) is 0 Å². The molecule has 0 saturated carbocycles. The molecule has 0 unspecified atom stereocenters. The third-order valence-electron chi connectivity index (χ3n) is 3.64. The summed E-state index contributed by atoms with van der Waals surface area (Å²) in [7, 11) is 1.97. The highest BCUT2D eigenvalue weighted by Crippen LogP contribution is 2.38. The first-order valence-electron chi connectivity index (χ1n) is 7.29. The van der Waals surface area contributed by atoms with E-state index in [1.165, 1.54) is 46.3 Å². The highest BCUT2D eigenvalue weighted by Gasteiger charge is 2.20. The molecule has 0 aliphatic heterocycles. The van der Waals surface area contributed by atoms with E-state index in [2.05, 4.69) is 19.2 Å². The molecule has 0 spiro atoms. The molecule has 3 nitrogen and oxygen atoms in total. The quantitative estimate of drug-likeness (QED) is 0.916. The lowest BCUT2D eigenvalue weighted by molar-refractivity contribution is 0.700. The molecule has 2 heterocycles. The summed E-state index contributed by atoms with van der Waals surface area (Å²) in [6.45, 7) is 4.43. The number of thiophene rings is 1. The van der Waals surface area contributed by atoms with Gasteiger partial charge in [0.05, 0.1) is 11.1 Å². The fraction of sp³-hybridized carbons (Fsp3) is 0.600. The molecule has 0 radical (unpaired) electrons.